The fourth-order valence-corrected chi connectivity index (χ4v) is 4.10. The third-order valence-corrected chi connectivity index (χ3v) is 5.60. The first-order chi connectivity index (χ1) is 13.0. The first-order valence-corrected chi connectivity index (χ1v) is 10.1. The monoisotopic (exact) mass is 386 g/mol. The summed E-state index contributed by atoms with van der Waals surface area (Å²) in [4.78, 5) is 15.0. The van der Waals surface area contributed by atoms with Crippen LogP contribution >= 0.6 is 11.3 Å². The molecule has 1 aliphatic rings. The quantitative estimate of drug-likeness (QED) is 0.667. The molecule has 3 aromatic rings. The number of carbonyl (C=O) groups excluding carboxylic acids is 1. The molecule has 0 unspecified atom stereocenters. The molecule has 0 N–H and O–H groups in total. The van der Waals surface area contributed by atoms with Gasteiger partial charge in [-0.1, -0.05) is 19.0 Å². The maximum Gasteiger partial charge on any atom is 0.259 e. The molecule has 1 saturated heterocycles. The Labute approximate surface area is 161 Å². The van der Waals surface area contributed by atoms with Crippen LogP contribution in [0, 0.1) is 6.92 Å². The third-order valence-electron chi connectivity index (χ3n) is 4.92. The summed E-state index contributed by atoms with van der Waals surface area (Å²) < 4.78 is 11.2. The van der Waals surface area contributed by atoms with E-state index in [1.807, 2.05) is 35.6 Å². The van der Waals surface area contributed by atoms with E-state index in [2.05, 4.69) is 15.4 Å². The van der Waals surface area contributed by atoms with Crippen LogP contribution in [0.15, 0.2) is 25.8 Å². The molecule has 142 valence electrons. The molecule has 0 bridgehead atoms. The molecular formula is C19H22N4O3S. The van der Waals surface area contributed by atoms with Crippen molar-refractivity contribution in [3.8, 4) is 11.5 Å². The zero-order valence-electron chi connectivity index (χ0n) is 15.6. The molecule has 1 fully saturated rings. The Bertz CT molecular complexity index is 929. The molecule has 7 nitrogen and oxygen atoms in total. The van der Waals surface area contributed by atoms with Gasteiger partial charge in [-0.25, -0.2) is 0 Å². The van der Waals surface area contributed by atoms with Crippen molar-refractivity contribution in [1.82, 2.24) is 20.3 Å². The molecule has 1 aliphatic heterocycles. The van der Waals surface area contributed by atoms with Gasteiger partial charge in [-0.05, 0) is 37.1 Å². The lowest BCUT2D eigenvalue weighted by molar-refractivity contribution is 0.0695. The molecule has 0 aromatic carbocycles. The largest absolute Gasteiger partial charge is 0.420 e. The van der Waals surface area contributed by atoms with Crippen LogP contribution < -0.4 is 0 Å². The number of carbonyl (C=O) groups is 1. The Kier molecular flexibility index (Phi) is 4.82. The van der Waals surface area contributed by atoms with Gasteiger partial charge in [-0.3, -0.25) is 4.79 Å². The first kappa shape index (κ1) is 17.9. The standard InChI is InChI=1S/C19H22N4O3S/c1-11(2)16-15(12(3)26-22-16)19(24)23-7-4-5-13(9-23)17-20-21-18(25-17)14-6-8-27-10-14/h6,8,10-11,13H,4-5,7,9H2,1-3H3/t13-/m0/s1. The number of likely N-dealkylation sites (tertiary alicyclic amines) is 1. The van der Waals surface area contributed by atoms with E-state index in [1.54, 1.807) is 18.3 Å². The highest BCUT2D eigenvalue weighted by atomic mass is 32.1. The third kappa shape index (κ3) is 3.41. The molecule has 4 heterocycles. The summed E-state index contributed by atoms with van der Waals surface area (Å²) in [6, 6.07) is 1.96. The topological polar surface area (TPSA) is 85.3 Å². The van der Waals surface area contributed by atoms with Gasteiger partial charge < -0.3 is 13.8 Å². The van der Waals surface area contributed by atoms with E-state index in [0.717, 1.165) is 24.1 Å². The van der Waals surface area contributed by atoms with Crippen molar-refractivity contribution in [1.29, 1.82) is 0 Å². The minimum absolute atomic E-state index is 0.0280. The van der Waals surface area contributed by atoms with Crippen LogP contribution in [-0.4, -0.2) is 39.3 Å². The molecule has 0 spiro atoms. The van der Waals surface area contributed by atoms with Gasteiger partial charge in [0.25, 0.3) is 5.91 Å². The zero-order valence-corrected chi connectivity index (χ0v) is 16.5. The SMILES string of the molecule is Cc1onc(C(C)C)c1C(=O)N1CCC[C@H](c2nnc(-c3ccsc3)o2)C1. The fourth-order valence-electron chi connectivity index (χ4n) is 3.47. The Balaban J connectivity index is 1.53. The van der Waals surface area contributed by atoms with Crippen molar-refractivity contribution in [2.75, 3.05) is 13.1 Å². The Morgan fingerprint density at radius 3 is 2.96 bits per heavy atom. The van der Waals surface area contributed by atoms with Crippen LogP contribution in [0.3, 0.4) is 0 Å². The summed E-state index contributed by atoms with van der Waals surface area (Å²) in [5, 5.41) is 16.4. The molecule has 0 radical (unpaired) electrons. The summed E-state index contributed by atoms with van der Waals surface area (Å²) in [5.74, 6) is 1.85. The van der Waals surface area contributed by atoms with Crippen molar-refractivity contribution in [3.63, 3.8) is 0 Å². The maximum atomic E-state index is 13.1. The van der Waals surface area contributed by atoms with E-state index in [0.29, 0.717) is 36.2 Å². The van der Waals surface area contributed by atoms with E-state index < -0.39 is 0 Å². The summed E-state index contributed by atoms with van der Waals surface area (Å²) >= 11 is 1.59. The number of aryl methyl sites for hydroxylation is 1. The Hall–Kier alpha value is -2.48. The van der Waals surface area contributed by atoms with Gasteiger partial charge in [-0.2, -0.15) is 11.3 Å². The number of hydrogen-bond donors (Lipinski definition) is 0. The fraction of sp³-hybridized carbons (Fsp3) is 0.474. The molecule has 0 saturated carbocycles. The summed E-state index contributed by atoms with van der Waals surface area (Å²) in [6.07, 6.45) is 1.82. The number of thiophene rings is 1. The lowest BCUT2D eigenvalue weighted by atomic mass is 9.96. The number of hydrogen-bond acceptors (Lipinski definition) is 7. The van der Waals surface area contributed by atoms with Crippen LogP contribution in [0.5, 0.6) is 0 Å². The summed E-state index contributed by atoms with van der Waals surface area (Å²) in [6.45, 7) is 7.09. The normalized spacial score (nSPS) is 17.6. The predicted molar refractivity (Wildman–Crippen MR) is 101 cm³/mol. The van der Waals surface area contributed by atoms with Crippen LogP contribution in [0.25, 0.3) is 11.5 Å². The van der Waals surface area contributed by atoms with E-state index in [1.165, 1.54) is 0 Å². The molecule has 1 atom stereocenters. The highest BCUT2D eigenvalue weighted by molar-refractivity contribution is 7.08. The van der Waals surface area contributed by atoms with Gasteiger partial charge in [0.1, 0.15) is 11.3 Å². The van der Waals surface area contributed by atoms with Gasteiger partial charge in [0.05, 0.1) is 11.6 Å². The number of aromatic nitrogens is 3. The Morgan fingerprint density at radius 2 is 2.22 bits per heavy atom. The lowest BCUT2D eigenvalue weighted by Gasteiger charge is -2.31. The number of amides is 1. The van der Waals surface area contributed by atoms with Crippen molar-refractivity contribution in [2.45, 2.75) is 45.4 Å². The van der Waals surface area contributed by atoms with Gasteiger partial charge in [0.15, 0.2) is 0 Å². The van der Waals surface area contributed by atoms with Crippen LogP contribution in [0.1, 0.15) is 66.2 Å². The van der Waals surface area contributed by atoms with Crippen molar-refractivity contribution < 1.29 is 13.7 Å². The highest BCUT2D eigenvalue weighted by Gasteiger charge is 2.32. The molecule has 1 amide bonds. The van der Waals surface area contributed by atoms with E-state index in [4.69, 9.17) is 8.94 Å². The summed E-state index contributed by atoms with van der Waals surface area (Å²) in [7, 11) is 0. The van der Waals surface area contributed by atoms with Crippen molar-refractivity contribution >= 4 is 17.2 Å². The number of rotatable bonds is 4. The highest BCUT2D eigenvalue weighted by Crippen LogP contribution is 2.31. The second-order valence-electron chi connectivity index (χ2n) is 7.20. The van der Waals surface area contributed by atoms with Gasteiger partial charge in [0, 0.05) is 24.0 Å². The Morgan fingerprint density at radius 1 is 1.37 bits per heavy atom. The van der Waals surface area contributed by atoms with Crippen LogP contribution in [0.2, 0.25) is 0 Å². The smallest absolute Gasteiger partial charge is 0.259 e. The first-order valence-electron chi connectivity index (χ1n) is 9.16. The molecular weight excluding hydrogens is 364 g/mol. The zero-order chi connectivity index (χ0) is 19.0. The van der Waals surface area contributed by atoms with E-state index in [9.17, 15) is 4.79 Å². The maximum absolute atomic E-state index is 13.1. The van der Waals surface area contributed by atoms with E-state index >= 15 is 0 Å². The minimum atomic E-state index is -0.0280. The van der Waals surface area contributed by atoms with E-state index in [-0.39, 0.29) is 17.7 Å². The van der Waals surface area contributed by atoms with Crippen molar-refractivity contribution in [3.05, 3.63) is 39.7 Å². The van der Waals surface area contributed by atoms with Gasteiger partial charge in [-0.15, -0.1) is 10.2 Å². The molecule has 0 aliphatic carbocycles. The molecule has 3 aromatic heterocycles. The van der Waals surface area contributed by atoms with Gasteiger partial charge in [0.2, 0.25) is 11.8 Å². The molecule has 4 rings (SSSR count). The molecule has 27 heavy (non-hydrogen) atoms. The number of piperidine rings is 1. The van der Waals surface area contributed by atoms with Crippen molar-refractivity contribution in [2.24, 2.45) is 0 Å². The second-order valence-corrected chi connectivity index (χ2v) is 7.98. The average Bonchev–Trinajstić information content (AvgIpc) is 3.41. The number of nitrogens with zero attached hydrogens (tertiary/aromatic N) is 4. The van der Waals surface area contributed by atoms with Crippen LogP contribution in [0.4, 0.5) is 0 Å². The predicted octanol–water partition coefficient (Wildman–Crippen LogP) is 4.24. The second kappa shape index (κ2) is 7.26. The van der Waals surface area contributed by atoms with Crippen LogP contribution in [-0.2, 0) is 0 Å². The molecule has 8 heteroatoms. The van der Waals surface area contributed by atoms with Gasteiger partial charge >= 0.3 is 0 Å². The lowest BCUT2D eigenvalue weighted by Crippen LogP contribution is -2.39. The average molecular weight is 386 g/mol. The summed E-state index contributed by atoms with van der Waals surface area (Å²) in [5.41, 5.74) is 2.25. The minimum Gasteiger partial charge on any atom is -0.420 e.